The maximum Gasteiger partial charge on any atom is 0.159 e. The summed E-state index contributed by atoms with van der Waals surface area (Å²) in [6, 6.07) is 11.8. The van der Waals surface area contributed by atoms with Gasteiger partial charge in [0.05, 0.1) is 0 Å². The molecule has 0 radical (unpaired) electrons. The summed E-state index contributed by atoms with van der Waals surface area (Å²) in [6.07, 6.45) is 1.45. The van der Waals surface area contributed by atoms with E-state index in [1.165, 1.54) is 12.1 Å². The van der Waals surface area contributed by atoms with Crippen molar-refractivity contribution in [2.45, 2.75) is 18.9 Å². The number of rotatable bonds is 8. The number of hydrogen-bond donors (Lipinski definition) is 2. The lowest BCUT2D eigenvalue weighted by Crippen LogP contribution is -2.28. The molecule has 4 N–H and O–H groups in total. The molecule has 30 heavy (non-hydrogen) atoms. The van der Waals surface area contributed by atoms with E-state index in [4.69, 9.17) is 16.2 Å². The second-order valence-electron chi connectivity index (χ2n) is 7.01. The lowest BCUT2D eigenvalue weighted by atomic mass is 9.98. The molecule has 0 fully saturated rings. The standard InChI is InChI=1S/C23H22F4N2O/c24-20-5-3-14(11-22(20)26)16-8-17(15-4-6-21(25)23(27)12-15)10-19(9-16)30-13-18(29)2-1-7-28/h3-6,8-12,18H,1-2,7,13,28-29H2/t18-/m1/s1. The van der Waals surface area contributed by atoms with E-state index in [0.717, 1.165) is 30.7 Å². The Kier molecular flexibility index (Phi) is 7.07. The number of ether oxygens (including phenoxy) is 1. The fraction of sp³-hybridized carbons (Fsp3) is 0.217. The predicted molar refractivity (Wildman–Crippen MR) is 109 cm³/mol. The fourth-order valence-electron chi connectivity index (χ4n) is 3.03. The summed E-state index contributed by atoms with van der Waals surface area (Å²) in [4.78, 5) is 0. The van der Waals surface area contributed by atoms with Gasteiger partial charge < -0.3 is 16.2 Å². The molecule has 0 heterocycles. The average Bonchev–Trinajstić information content (AvgIpc) is 2.74. The normalized spacial score (nSPS) is 12.1. The molecule has 0 aliphatic carbocycles. The van der Waals surface area contributed by atoms with Crippen molar-refractivity contribution in [3.63, 3.8) is 0 Å². The topological polar surface area (TPSA) is 61.3 Å². The van der Waals surface area contributed by atoms with Crippen LogP contribution in [0.3, 0.4) is 0 Å². The Morgan fingerprint density at radius 2 is 1.23 bits per heavy atom. The maximum atomic E-state index is 13.7. The highest BCUT2D eigenvalue weighted by Gasteiger charge is 2.12. The molecular formula is C23H22F4N2O. The van der Waals surface area contributed by atoms with Crippen LogP contribution < -0.4 is 16.2 Å². The first-order valence-corrected chi connectivity index (χ1v) is 9.51. The highest BCUT2D eigenvalue weighted by Crippen LogP contribution is 2.33. The molecule has 0 spiro atoms. The molecule has 3 aromatic rings. The van der Waals surface area contributed by atoms with Crippen LogP contribution in [-0.4, -0.2) is 19.2 Å². The van der Waals surface area contributed by atoms with E-state index in [1.807, 2.05) is 0 Å². The zero-order chi connectivity index (χ0) is 21.7. The lowest BCUT2D eigenvalue weighted by molar-refractivity contribution is 0.281. The van der Waals surface area contributed by atoms with Crippen molar-refractivity contribution in [3.05, 3.63) is 77.9 Å². The van der Waals surface area contributed by atoms with Gasteiger partial charge in [0.25, 0.3) is 0 Å². The molecule has 0 aromatic heterocycles. The third kappa shape index (κ3) is 5.37. The van der Waals surface area contributed by atoms with Crippen LogP contribution in [0, 0.1) is 23.3 Å². The van der Waals surface area contributed by atoms with Crippen LogP contribution in [0.1, 0.15) is 12.8 Å². The smallest absolute Gasteiger partial charge is 0.159 e. The van der Waals surface area contributed by atoms with Crippen LogP contribution in [0.4, 0.5) is 17.6 Å². The summed E-state index contributed by atoms with van der Waals surface area (Å²) in [5.41, 5.74) is 13.4. The van der Waals surface area contributed by atoms with Crippen LogP contribution in [0.15, 0.2) is 54.6 Å². The molecule has 3 aromatic carbocycles. The SMILES string of the molecule is NCCC[C@@H](N)COc1cc(-c2ccc(F)c(F)c2)cc(-c2ccc(F)c(F)c2)c1. The van der Waals surface area contributed by atoms with E-state index in [1.54, 1.807) is 18.2 Å². The second-order valence-corrected chi connectivity index (χ2v) is 7.01. The molecule has 0 unspecified atom stereocenters. The van der Waals surface area contributed by atoms with Crippen molar-refractivity contribution in [3.8, 4) is 28.0 Å². The summed E-state index contributed by atoms with van der Waals surface area (Å²) in [5.74, 6) is -3.48. The first-order valence-electron chi connectivity index (χ1n) is 9.51. The molecule has 3 nitrogen and oxygen atoms in total. The summed E-state index contributed by atoms with van der Waals surface area (Å²) in [7, 11) is 0. The van der Waals surface area contributed by atoms with Crippen molar-refractivity contribution in [1.82, 2.24) is 0 Å². The number of halogens is 4. The van der Waals surface area contributed by atoms with Crippen molar-refractivity contribution >= 4 is 0 Å². The van der Waals surface area contributed by atoms with Gasteiger partial charge in [0.2, 0.25) is 0 Å². The van der Waals surface area contributed by atoms with Gasteiger partial charge >= 0.3 is 0 Å². The zero-order valence-electron chi connectivity index (χ0n) is 16.2. The highest BCUT2D eigenvalue weighted by molar-refractivity contribution is 5.75. The Labute approximate surface area is 172 Å². The predicted octanol–water partition coefficient (Wildman–Crippen LogP) is 5.02. The molecule has 0 bridgehead atoms. The zero-order valence-corrected chi connectivity index (χ0v) is 16.2. The third-order valence-corrected chi connectivity index (χ3v) is 4.66. The second kappa shape index (κ2) is 9.73. The van der Waals surface area contributed by atoms with Crippen molar-refractivity contribution in [2.75, 3.05) is 13.2 Å². The van der Waals surface area contributed by atoms with E-state index in [2.05, 4.69) is 0 Å². The van der Waals surface area contributed by atoms with Crippen LogP contribution in [0.2, 0.25) is 0 Å². The molecule has 1 atom stereocenters. The van der Waals surface area contributed by atoms with Gasteiger partial charge in [-0.1, -0.05) is 12.1 Å². The molecule has 0 amide bonds. The Morgan fingerprint density at radius 1 is 0.700 bits per heavy atom. The van der Waals surface area contributed by atoms with E-state index in [-0.39, 0.29) is 12.6 Å². The monoisotopic (exact) mass is 418 g/mol. The number of hydrogen-bond acceptors (Lipinski definition) is 3. The summed E-state index contributed by atoms with van der Waals surface area (Å²) in [5, 5.41) is 0. The average molecular weight is 418 g/mol. The van der Waals surface area contributed by atoms with E-state index in [9.17, 15) is 17.6 Å². The van der Waals surface area contributed by atoms with Crippen LogP contribution in [0.5, 0.6) is 5.75 Å². The molecular weight excluding hydrogens is 396 g/mol. The fourth-order valence-corrected chi connectivity index (χ4v) is 3.03. The first kappa shape index (κ1) is 21.8. The Bertz CT molecular complexity index is 956. The van der Waals surface area contributed by atoms with E-state index in [0.29, 0.717) is 41.0 Å². The van der Waals surface area contributed by atoms with Crippen LogP contribution >= 0.6 is 0 Å². The third-order valence-electron chi connectivity index (χ3n) is 4.66. The first-order chi connectivity index (χ1) is 14.4. The van der Waals surface area contributed by atoms with E-state index < -0.39 is 23.3 Å². The molecule has 3 rings (SSSR count). The van der Waals surface area contributed by atoms with Gasteiger partial charge in [-0.15, -0.1) is 0 Å². The molecule has 158 valence electrons. The van der Waals surface area contributed by atoms with Crippen molar-refractivity contribution in [1.29, 1.82) is 0 Å². The molecule has 0 saturated carbocycles. The Morgan fingerprint density at radius 3 is 1.70 bits per heavy atom. The van der Waals surface area contributed by atoms with Gasteiger partial charge in [0, 0.05) is 6.04 Å². The van der Waals surface area contributed by atoms with Gasteiger partial charge in [-0.3, -0.25) is 0 Å². The van der Waals surface area contributed by atoms with Crippen LogP contribution in [0.25, 0.3) is 22.3 Å². The summed E-state index contributed by atoms with van der Waals surface area (Å²) in [6.45, 7) is 0.748. The van der Waals surface area contributed by atoms with E-state index >= 15 is 0 Å². The molecule has 7 heteroatoms. The lowest BCUT2D eigenvalue weighted by Gasteiger charge is -2.15. The maximum absolute atomic E-state index is 13.7. The van der Waals surface area contributed by atoms with Gasteiger partial charge in [0.1, 0.15) is 12.4 Å². The molecule has 0 aliphatic heterocycles. The summed E-state index contributed by atoms with van der Waals surface area (Å²) < 4.78 is 59.9. The molecule has 0 saturated heterocycles. The Balaban J connectivity index is 1.98. The van der Waals surface area contributed by atoms with Gasteiger partial charge in [0.15, 0.2) is 23.3 Å². The quantitative estimate of drug-likeness (QED) is 0.505. The van der Waals surface area contributed by atoms with Gasteiger partial charge in [-0.25, -0.2) is 17.6 Å². The van der Waals surface area contributed by atoms with Gasteiger partial charge in [-0.2, -0.15) is 0 Å². The van der Waals surface area contributed by atoms with Crippen LogP contribution in [-0.2, 0) is 0 Å². The van der Waals surface area contributed by atoms with Crippen molar-refractivity contribution < 1.29 is 22.3 Å². The minimum atomic E-state index is -0.989. The minimum absolute atomic E-state index is 0.221. The minimum Gasteiger partial charge on any atom is -0.492 e. The highest BCUT2D eigenvalue weighted by atomic mass is 19.2. The largest absolute Gasteiger partial charge is 0.492 e. The number of nitrogens with two attached hydrogens (primary N) is 2. The number of benzene rings is 3. The van der Waals surface area contributed by atoms with Crippen molar-refractivity contribution in [2.24, 2.45) is 11.5 Å². The van der Waals surface area contributed by atoms with Gasteiger partial charge in [-0.05, 0) is 84.1 Å². The Hall–Kier alpha value is -2.90. The molecule has 0 aliphatic rings. The summed E-state index contributed by atoms with van der Waals surface area (Å²) >= 11 is 0.